The summed E-state index contributed by atoms with van der Waals surface area (Å²) in [4.78, 5) is 29.6. The van der Waals surface area contributed by atoms with E-state index in [1.165, 1.54) is 0 Å². The highest BCUT2D eigenvalue weighted by Crippen LogP contribution is 2.37. The Kier molecular flexibility index (Phi) is 7.41. The zero-order valence-corrected chi connectivity index (χ0v) is 21.0. The van der Waals surface area contributed by atoms with Crippen molar-refractivity contribution in [3.8, 4) is 11.1 Å². The fraction of sp³-hybridized carbons (Fsp3) is 0.0769. The molecule has 0 unspecified atom stereocenters. The molecule has 1 amide bonds. The third kappa shape index (κ3) is 5.04. The third-order valence-corrected chi connectivity index (χ3v) is 6.64. The number of rotatable bonds is 7. The molecule has 0 bridgehead atoms. The molecule has 0 saturated carbocycles. The van der Waals surface area contributed by atoms with E-state index in [9.17, 15) is 9.59 Å². The van der Waals surface area contributed by atoms with E-state index in [0.717, 1.165) is 10.0 Å². The standard InChI is InChI=1S/C26H20BrCl2N3O2/c27-19-9-5-4-8-18(19)21-22(25(30)32-23(21)24(33)16-6-2-1-3-7-16)26(34)31-13-12-15-10-11-17(28)14-20(15)29/h1-11,14,32H,12-13,30H2,(H,31,34). The van der Waals surface area contributed by atoms with Gasteiger partial charge in [-0.1, -0.05) is 93.7 Å². The van der Waals surface area contributed by atoms with Gasteiger partial charge in [0.2, 0.25) is 5.78 Å². The number of halogens is 3. The molecule has 4 N–H and O–H groups in total. The maximum atomic E-state index is 13.3. The lowest BCUT2D eigenvalue weighted by Gasteiger charge is -2.11. The van der Waals surface area contributed by atoms with E-state index in [2.05, 4.69) is 26.2 Å². The summed E-state index contributed by atoms with van der Waals surface area (Å²) in [6, 6.07) is 21.5. The molecule has 8 heteroatoms. The Morgan fingerprint density at radius 3 is 2.38 bits per heavy atom. The van der Waals surface area contributed by atoms with Crippen LogP contribution in [-0.2, 0) is 6.42 Å². The predicted octanol–water partition coefficient (Wildman–Crippen LogP) is 6.54. The molecule has 1 heterocycles. The fourth-order valence-corrected chi connectivity index (χ4v) is 4.70. The van der Waals surface area contributed by atoms with Crippen molar-refractivity contribution in [1.82, 2.24) is 10.3 Å². The van der Waals surface area contributed by atoms with Crippen molar-refractivity contribution in [2.75, 3.05) is 12.3 Å². The first-order valence-electron chi connectivity index (χ1n) is 10.4. The molecule has 0 spiro atoms. The van der Waals surface area contributed by atoms with Crippen LogP contribution < -0.4 is 11.1 Å². The lowest BCUT2D eigenvalue weighted by atomic mass is 9.96. The van der Waals surface area contributed by atoms with Gasteiger partial charge in [0.15, 0.2) is 0 Å². The molecule has 34 heavy (non-hydrogen) atoms. The molecule has 3 aromatic carbocycles. The summed E-state index contributed by atoms with van der Waals surface area (Å²) < 4.78 is 0.734. The smallest absolute Gasteiger partial charge is 0.255 e. The molecule has 0 fully saturated rings. The molecule has 0 aliphatic carbocycles. The second-order valence-corrected chi connectivity index (χ2v) is 9.28. The van der Waals surface area contributed by atoms with Gasteiger partial charge >= 0.3 is 0 Å². The molecular weight excluding hydrogens is 537 g/mol. The molecule has 0 saturated heterocycles. The molecule has 4 aromatic rings. The third-order valence-electron chi connectivity index (χ3n) is 5.36. The van der Waals surface area contributed by atoms with E-state index in [-0.39, 0.29) is 22.9 Å². The van der Waals surface area contributed by atoms with Crippen molar-refractivity contribution in [3.05, 3.63) is 110 Å². The average Bonchev–Trinajstić information content (AvgIpc) is 3.17. The molecule has 5 nitrogen and oxygen atoms in total. The highest BCUT2D eigenvalue weighted by atomic mass is 79.9. The Labute approximate surface area is 215 Å². The molecule has 0 aliphatic rings. The van der Waals surface area contributed by atoms with E-state index >= 15 is 0 Å². The first kappa shape index (κ1) is 24.1. The number of aromatic amines is 1. The van der Waals surface area contributed by atoms with Gasteiger partial charge in [-0.3, -0.25) is 9.59 Å². The summed E-state index contributed by atoms with van der Waals surface area (Å²) in [5, 5.41) is 3.98. The van der Waals surface area contributed by atoms with Gasteiger partial charge in [0.25, 0.3) is 5.91 Å². The summed E-state index contributed by atoms with van der Waals surface area (Å²) in [6.45, 7) is 0.322. The van der Waals surface area contributed by atoms with Gasteiger partial charge in [0, 0.05) is 32.2 Å². The van der Waals surface area contributed by atoms with Gasteiger partial charge in [-0.05, 0) is 35.7 Å². The number of amides is 1. The number of hydrogen-bond donors (Lipinski definition) is 3. The molecule has 0 radical (unpaired) electrons. The van der Waals surface area contributed by atoms with Gasteiger partial charge in [-0.15, -0.1) is 0 Å². The van der Waals surface area contributed by atoms with Crippen molar-refractivity contribution < 1.29 is 9.59 Å². The minimum Gasteiger partial charge on any atom is -0.385 e. The molecule has 0 atom stereocenters. The number of nitrogen functional groups attached to an aromatic ring is 1. The first-order valence-corrected chi connectivity index (χ1v) is 12.0. The Bertz CT molecular complexity index is 1370. The summed E-state index contributed by atoms with van der Waals surface area (Å²) in [5.74, 6) is -0.534. The van der Waals surface area contributed by atoms with E-state index in [1.807, 2.05) is 36.4 Å². The fourth-order valence-electron chi connectivity index (χ4n) is 3.72. The second kappa shape index (κ2) is 10.5. The highest BCUT2D eigenvalue weighted by Gasteiger charge is 2.28. The van der Waals surface area contributed by atoms with Crippen molar-refractivity contribution in [2.45, 2.75) is 6.42 Å². The quantitative estimate of drug-likeness (QED) is 0.226. The number of nitrogens with one attached hydrogen (secondary N) is 2. The maximum absolute atomic E-state index is 13.3. The van der Waals surface area contributed by atoms with Crippen LogP contribution in [0.1, 0.15) is 32.0 Å². The molecular formula is C26H20BrCl2N3O2. The first-order chi connectivity index (χ1) is 16.4. The number of carbonyl (C=O) groups is 2. The van der Waals surface area contributed by atoms with Crippen LogP contribution in [0.5, 0.6) is 0 Å². The van der Waals surface area contributed by atoms with Gasteiger partial charge < -0.3 is 16.0 Å². The van der Waals surface area contributed by atoms with Crippen LogP contribution >= 0.6 is 39.1 Å². The van der Waals surface area contributed by atoms with E-state index in [4.69, 9.17) is 28.9 Å². The molecule has 1 aromatic heterocycles. The lowest BCUT2D eigenvalue weighted by molar-refractivity contribution is 0.0955. The largest absolute Gasteiger partial charge is 0.385 e. The van der Waals surface area contributed by atoms with Crippen LogP contribution in [0.2, 0.25) is 10.0 Å². The summed E-state index contributed by atoms with van der Waals surface area (Å²) in [5.41, 5.74) is 9.19. The summed E-state index contributed by atoms with van der Waals surface area (Å²) in [6.07, 6.45) is 0.506. The van der Waals surface area contributed by atoms with Gasteiger partial charge in [-0.2, -0.15) is 0 Å². The summed E-state index contributed by atoms with van der Waals surface area (Å²) >= 11 is 15.7. The van der Waals surface area contributed by atoms with E-state index in [0.29, 0.717) is 39.7 Å². The number of aromatic nitrogens is 1. The number of ketones is 1. The van der Waals surface area contributed by atoms with Crippen LogP contribution in [0.15, 0.2) is 77.3 Å². The SMILES string of the molecule is Nc1[nH]c(C(=O)c2ccccc2)c(-c2ccccc2Br)c1C(=O)NCCc1ccc(Cl)cc1Cl. The normalized spacial score (nSPS) is 10.8. The van der Waals surface area contributed by atoms with Crippen molar-refractivity contribution in [2.24, 2.45) is 0 Å². The number of anilines is 1. The van der Waals surface area contributed by atoms with Crippen molar-refractivity contribution in [1.29, 1.82) is 0 Å². The molecule has 172 valence electrons. The Morgan fingerprint density at radius 2 is 1.68 bits per heavy atom. The van der Waals surface area contributed by atoms with E-state index in [1.54, 1.807) is 36.4 Å². The zero-order chi connectivity index (χ0) is 24.2. The molecule has 4 rings (SSSR count). The monoisotopic (exact) mass is 555 g/mol. The van der Waals surface area contributed by atoms with E-state index < -0.39 is 5.91 Å². The average molecular weight is 557 g/mol. The number of hydrogen-bond acceptors (Lipinski definition) is 3. The van der Waals surface area contributed by atoms with Gasteiger partial charge in [-0.25, -0.2) is 0 Å². The van der Waals surface area contributed by atoms with Gasteiger partial charge in [0.1, 0.15) is 5.82 Å². The lowest BCUT2D eigenvalue weighted by Crippen LogP contribution is -2.26. The van der Waals surface area contributed by atoms with Crippen LogP contribution in [0.25, 0.3) is 11.1 Å². The Hall–Kier alpha value is -3.06. The van der Waals surface area contributed by atoms with Crippen LogP contribution in [0.3, 0.4) is 0 Å². The summed E-state index contributed by atoms with van der Waals surface area (Å²) in [7, 11) is 0. The minimum atomic E-state index is -0.392. The van der Waals surface area contributed by atoms with Crippen molar-refractivity contribution >= 4 is 56.6 Å². The van der Waals surface area contributed by atoms with Crippen LogP contribution in [0.4, 0.5) is 5.82 Å². The second-order valence-electron chi connectivity index (χ2n) is 7.58. The molecule has 0 aliphatic heterocycles. The minimum absolute atomic E-state index is 0.118. The predicted molar refractivity (Wildman–Crippen MR) is 141 cm³/mol. The number of benzene rings is 3. The highest BCUT2D eigenvalue weighted by molar-refractivity contribution is 9.10. The number of carbonyl (C=O) groups excluding carboxylic acids is 2. The van der Waals surface area contributed by atoms with Crippen LogP contribution in [-0.4, -0.2) is 23.2 Å². The van der Waals surface area contributed by atoms with Gasteiger partial charge in [0.05, 0.1) is 11.3 Å². The zero-order valence-electron chi connectivity index (χ0n) is 17.9. The number of nitrogens with two attached hydrogens (primary N) is 1. The van der Waals surface area contributed by atoms with Crippen molar-refractivity contribution in [3.63, 3.8) is 0 Å². The topological polar surface area (TPSA) is 88.0 Å². The Balaban J connectivity index is 1.69. The number of H-pyrrole nitrogens is 1. The Morgan fingerprint density at radius 1 is 0.971 bits per heavy atom. The maximum Gasteiger partial charge on any atom is 0.255 e. The van der Waals surface area contributed by atoms with Crippen LogP contribution in [0, 0.1) is 0 Å².